The normalized spacial score (nSPS) is 15.3. The molecule has 73 heavy (non-hydrogen) atoms. The second-order valence-corrected chi connectivity index (χ2v) is 19.7. The molecule has 2 unspecified atom stereocenters. The molecule has 8 N–H and O–H groups in total. The van der Waals surface area contributed by atoms with Crippen LogP contribution in [0.1, 0.15) is 117 Å². The molecule has 0 aliphatic carbocycles. The van der Waals surface area contributed by atoms with Gasteiger partial charge in [-0.1, -0.05) is 85.2 Å². The van der Waals surface area contributed by atoms with Gasteiger partial charge in [-0.25, -0.2) is 4.98 Å². The van der Waals surface area contributed by atoms with E-state index in [1.54, 1.807) is 52.0 Å². The van der Waals surface area contributed by atoms with E-state index >= 15 is 0 Å². The molecule has 0 radical (unpaired) electrons. The van der Waals surface area contributed by atoms with Gasteiger partial charge in [0.2, 0.25) is 23.6 Å². The number of aliphatic carboxylic acids is 1. The molecule has 1 heterocycles. The summed E-state index contributed by atoms with van der Waals surface area (Å²) >= 11 is 1.15. The number of hydrogen-bond acceptors (Lipinski definition) is 14. The second kappa shape index (κ2) is 29.6. The first-order valence-corrected chi connectivity index (χ1v) is 24.9. The number of carbonyl (C=O) groups excluding carboxylic acids is 8. The number of carboxylic acids is 1. The van der Waals surface area contributed by atoms with Crippen LogP contribution in [0.4, 0.5) is 0 Å². The van der Waals surface area contributed by atoms with Gasteiger partial charge >= 0.3 is 11.9 Å². The van der Waals surface area contributed by atoms with Crippen molar-refractivity contribution >= 4 is 64.6 Å². The Balaban J connectivity index is 2.31. The highest BCUT2D eigenvalue weighted by Crippen LogP contribution is 2.32. The van der Waals surface area contributed by atoms with E-state index in [-0.39, 0.29) is 24.5 Å². The first kappa shape index (κ1) is 62.2. The number of aliphatic hydroxyl groups is 1. The van der Waals surface area contributed by atoms with Gasteiger partial charge in [-0.2, -0.15) is 0 Å². The number of carbonyl (C=O) groups is 9. The maximum Gasteiger partial charge on any atom is 0.306 e. The summed E-state index contributed by atoms with van der Waals surface area (Å²) in [7, 11) is 2.97. The van der Waals surface area contributed by atoms with Gasteiger partial charge in [-0.05, 0) is 61.8 Å². The van der Waals surface area contributed by atoms with Crippen molar-refractivity contribution in [2.24, 2.45) is 23.7 Å². The lowest BCUT2D eigenvalue weighted by molar-refractivity contribution is -0.149. The van der Waals surface area contributed by atoms with Crippen molar-refractivity contribution < 1.29 is 58.1 Å². The SMILES string of the molecule is C#CC(=O)NC(NC(=O)C#C)C(=O)N[C@@H](C)C(=O)N[C@@H](C)C(=O)N(C)[C@H](C(=O)N[C@H](C(=O)N(C)[C@H](C[C@@H](OC(C)=O)c1nc(C(O)N[C@@H](Cc2ccccc2)CC(C)C(=O)O)cs1)C(C)C)[C@@H](C)CC)C(C)C. The summed E-state index contributed by atoms with van der Waals surface area (Å²) in [6, 6.07) is 3.65. The van der Waals surface area contributed by atoms with Crippen LogP contribution < -0.4 is 31.9 Å². The largest absolute Gasteiger partial charge is 0.481 e. The summed E-state index contributed by atoms with van der Waals surface area (Å²) in [5.41, 5.74) is 1.18. The number of rotatable bonds is 28. The van der Waals surface area contributed by atoms with Gasteiger partial charge in [-0.3, -0.25) is 48.5 Å². The van der Waals surface area contributed by atoms with Crippen LogP contribution in [0.3, 0.4) is 0 Å². The van der Waals surface area contributed by atoms with Crippen LogP contribution in [-0.4, -0.2) is 135 Å². The van der Waals surface area contributed by atoms with E-state index < -0.39 is 126 Å². The lowest BCUT2D eigenvalue weighted by atomic mass is 9.92. The highest BCUT2D eigenvalue weighted by atomic mass is 32.1. The Morgan fingerprint density at radius 2 is 1.33 bits per heavy atom. The van der Waals surface area contributed by atoms with Crippen molar-refractivity contribution in [1.82, 2.24) is 46.7 Å². The maximum absolute atomic E-state index is 14.7. The summed E-state index contributed by atoms with van der Waals surface area (Å²) in [5, 5.41) is 37.9. The predicted octanol–water partition coefficient (Wildman–Crippen LogP) is 1.77. The van der Waals surface area contributed by atoms with Gasteiger partial charge in [-0.15, -0.1) is 24.2 Å². The van der Waals surface area contributed by atoms with Crippen molar-refractivity contribution in [2.75, 3.05) is 14.1 Å². The molecule has 0 saturated carbocycles. The number of thiazole rings is 1. The van der Waals surface area contributed by atoms with Gasteiger partial charge in [0, 0.05) is 44.9 Å². The zero-order chi connectivity index (χ0) is 55.4. The number of hydrogen-bond donors (Lipinski definition) is 8. The van der Waals surface area contributed by atoms with Crippen LogP contribution in [0.15, 0.2) is 35.7 Å². The van der Waals surface area contributed by atoms with Crippen LogP contribution in [0.5, 0.6) is 0 Å². The van der Waals surface area contributed by atoms with E-state index in [0.29, 0.717) is 17.8 Å². The van der Waals surface area contributed by atoms with E-state index in [1.165, 1.54) is 32.7 Å². The fourth-order valence-corrected chi connectivity index (χ4v) is 8.84. The first-order chi connectivity index (χ1) is 34.2. The molecule has 2 aromatic rings. The molecule has 0 aliphatic heterocycles. The van der Waals surface area contributed by atoms with Crippen molar-refractivity contribution in [3.63, 3.8) is 0 Å². The number of nitrogens with zero attached hydrogens (tertiary/aromatic N) is 3. The minimum atomic E-state index is -1.73. The standard InChI is InChI=1S/C51H73N9O12S/c1-15-29(8)41(58-46(66)42(28(6)7)60(14)49(68)32(11)53-44(64)31(10)52-47(67)43(56-39(62)16-2)57-40(63)17-3)50(69)59(13)37(27(4)5)25-38(72-33(12)61)48-55-36(26-73-48)45(65)54-35(23-30(9)51(70)71)24-34-21-19-18-20-22-34/h2-3,18-22,26-32,35,37-38,41-43,45,54,65H,15,23-25H2,1,4-14H3,(H,52,67)(H,53,64)(H,56,62)(H,57,63)(H,58,66)(H,70,71)/t29-,30?,31-,32-,35+,37+,38+,41-,42-,45?/m0/s1. The third kappa shape index (κ3) is 19.2. The molecule has 10 atom stereocenters. The Labute approximate surface area is 432 Å². The number of amides is 7. The zero-order valence-corrected chi connectivity index (χ0v) is 44.5. The summed E-state index contributed by atoms with van der Waals surface area (Å²) in [6.45, 7) is 16.4. The van der Waals surface area contributed by atoms with E-state index in [1.807, 2.05) is 51.1 Å². The smallest absolute Gasteiger partial charge is 0.306 e. The molecule has 1 aromatic carbocycles. The number of terminal acetylenes is 2. The van der Waals surface area contributed by atoms with Gasteiger partial charge in [0.15, 0.2) is 12.3 Å². The molecule has 400 valence electrons. The molecular weight excluding hydrogens is 963 g/mol. The number of likely N-dealkylation sites (N-methyl/N-ethyl adjacent to an activating group) is 2. The molecule has 7 amide bonds. The van der Waals surface area contributed by atoms with Gasteiger partial charge < -0.3 is 51.3 Å². The van der Waals surface area contributed by atoms with Crippen LogP contribution in [0.25, 0.3) is 0 Å². The maximum atomic E-state index is 14.7. The van der Waals surface area contributed by atoms with Crippen molar-refractivity contribution in [3.8, 4) is 24.7 Å². The van der Waals surface area contributed by atoms with E-state index in [9.17, 15) is 53.4 Å². The van der Waals surface area contributed by atoms with Gasteiger partial charge in [0.1, 0.15) is 35.4 Å². The molecule has 1 aromatic heterocycles. The van der Waals surface area contributed by atoms with Crippen LogP contribution >= 0.6 is 11.3 Å². The summed E-state index contributed by atoms with van der Waals surface area (Å²) in [4.78, 5) is 124. The summed E-state index contributed by atoms with van der Waals surface area (Å²) in [6.07, 6.45) is 7.34. The molecule has 2 rings (SSSR count). The van der Waals surface area contributed by atoms with Crippen molar-refractivity contribution in [3.05, 3.63) is 52.0 Å². The monoisotopic (exact) mass is 1040 g/mol. The highest BCUT2D eigenvalue weighted by Gasteiger charge is 2.39. The number of aromatic nitrogens is 1. The van der Waals surface area contributed by atoms with E-state index in [4.69, 9.17) is 17.6 Å². The average molecular weight is 1040 g/mol. The first-order valence-electron chi connectivity index (χ1n) is 24.0. The number of aliphatic hydroxyl groups excluding tert-OH is 1. The minimum Gasteiger partial charge on any atom is -0.481 e. The summed E-state index contributed by atoms with van der Waals surface area (Å²) in [5.74, 6) is -5.70. The number of nitrogens with one attached hydrogen (secondary N) is 6. The van der Waals surface area contributed by atoms with Crippen LogP contribution in [0.2, 0.25) is 0 Å². The van der Waals surface area contributed by atoms with Crippen LogP contribution in [-0.2, 0) is 54.3 Å². The minimum absolute atomic E-state index is 0.0902. The van der Waals surface area contributed by atoms with Crippen molar-refractivity contribution in [2.45, 2.75) is 150 Å². The zero-order valence-electron chi connectivity index (χ0n) is 43.7. The number of esters is 1. The fraction of sp³-hybridized carbons (Fsp3) is 0.569. The quantitative estimate of drug-likeness (QED) is 0.0343. The predicted molar refractivity (Wildman–Crippen MR) is 272 cm³/mol. The number of carboxylic acid groups (broad SMARTS) is 1. The fourth-order valence-electron chi connectivity index (χ4n) is 7.96. The molecule has 0 fully saturated rings. The van der Waals surface area contributed by atoms with Crippen LogP contribution in [0, 0.1) is 48.4 Å². The Hall–Kier alpha value is -6.88. The van der Waals surface area contributed by atoms with Crippen molar-refractivity contribution in [1.29, 1.82) is 0 Å². The number of ether oxygens (including phenoxy) is 1. The second-order valence-electron chi connectivity index (χ2n) is 18.8. The molecule has 22 heteroatoms. The van der Waals surface area contributed by atoms with E-state index in [0.717, 1.165) is 21.8 Å². The average Bonchev–Trinajstić information content (AvgIpc) is 3.84. The Bertz CT molecular complexity index is 2300. The third-order valence-corrected chi connectivity index (χ3v) is 13.2. The Kier molecular flexibility index (Phi) is 25.2. The lowest BCUT2D eigenvalue weighted by Crippen LogP contribution is -2.61. The number of benzene rings is 1. The van der Waals surface area contributed by atoms with Gasteiger partial charge in [0.05, 0.1) is 11.6 Å². The topological polar surface area (TPSA) is 295 Å². The molecule has 0 aliphatic rings. The molecule has 0 bridgehead atoms. The third-order valence-electron chi connectivity index (χ3n) is 12.3. The van der Waals surface area contributed by atoms with E-state index in [2.05, 4.69) is 36.9 Å². The molecule has 21 nitrogen and oxygen atoms in total. The highest BCUT2D eigenvalue weighted by molar-refractivity contribution is 7.09. The lowest BCUT2D eigenvalue weighted by Gasteiger charge is -2.38. The van der Waals surface area contributed by atoms with Gasteiger partial charge in [0.25, 0.3) is 17.7 Å². The Morgan fingerprint density at radius 1 is 0.753 bits per heavy atom. The molecule has 0 saturated heterocycles. The Morgan fingerprint density at radius 3 is 1.84 bits per heavy atom. The summed E-state index contributed by atoms with van der Waals surface area (Å²) < 4.78 is 5.81. The molecular formula is C51H73N9O12S. The molecule has 0 spiro atoms.